The second kappa shape index (κ2) is 4.01. The largest absolute Gasteiger partial charge is 0.369 e. The molecule has 0 bridgehead atoms. The zero-order valence-electron chi connectivity index (χ0n) is 8.80. The number of rotatable bonds is 2. The summed E-state index contributed by atoms with van der Waals surface area (Å²) in [6.45, 7) is 0.593. The summed E-state index contributed by atoms with van der Waals surface area (Å²) in [7, 11) is 0. The van der Waals surface area contributed by atoms with Gasteiger partial charge in [0, 0.05) is 5.38 Å². The molecule has 0 atom stereocenters. The molecular weight excluding hydrogens is 256 g/mol. The lowest BCUT2D eigenvalue weighted by Gasteiger charge is -2.04. The summed E-state index contributed by atoms with van der Waals surface area (Å²) in [4.78, 5) is 8.53. The van der Waals surface area contributed by atoms with Crippen molar-refractivity contribution in [2.45, 2.75) is 6.54 Å². The van der Waals surface area contributed by atoms with Crippen molar-refractivity contribution in [2.75, 3.05) is 5.73 Å². The molecule has 86 valence electrons. The van der Waals surface area contributed by atoms with Crippen molar-refractivity contribution in [3.8, 4) is 0 Å². The van der Waals surface area contributed by atoms with Gasteiger partial charge in [0.1, 0.15) is 0 Å². The van der Waals surface area contributed by atoms with Crippen LogP contribution < -0.4 is 5.73 Å². The molecule has 0 aliphatic carbocycles. The molecule has 0 fully saturated rings. The highest BCUT2D eigenvalue weighted by molar-refractivity contribution is 7.07. The highest BCUT2D eigenvalue weighted by atomic mass is 35.5. The average molecular weight is 265 g/mol. The Morgan fingerprint density at radius 1 is 1.41 bits per heavy atom. The van der Waals surface area contributed by atoms with Crippen molar-refractivity contribution < 1.29 is 0 Å². The van der Waals surface area contributed by atoms with Crippen LogP contribution >= 0.6 is 22.9 Å². The molecule has 0 saturated carbocycles. The van der Waals surface area contributed by atoms with Crippen LogP contribution in [0.1, 0.15) is 5.69 Å². The number of imidazole rings is 1. The Balaban J connectivity index is 2.18. The van der Waals surface area contributed by atoms with Crippen molar-refractivity contribution in [2.24, 2.45) is 0 Å². The van der Waals surface area contributed by atoms with Crippen LogP contribution in [0.4, 0.5) is 5.95 Å². The SMILES string of the molecule is Nc1nc2cccc(Cl)c2n1Cc1cscn1. The Hall–Kier alpha value is -1.59. The van der Waals surface area contributed by atoms with Crippen molar-refractivity contribution >= 4 is 39.9 Å². The lowest BCUT2D eigenvalue weighted by Crippen LogP contribution is -2.04. The van der Waals surface area contributed by atoms with Crippen molar-refractivity contribution in [3.63, 3.8) is 0 Å². The predicted molar refractivity (Wildman–Crippen MR) is 70.4 cm³/mol. The number of nitrogens with two attached hydrogens (primary N) is 1. The van der Waals surface area contributed by atoms with Crippen LogP contribution in [0, 0.1) is 0 Å². The van der Waals surface area contributed by atoms with Gasteiger partial charge in [-0.2, -0.15) is 0 Å². The molecule has 0 aliphatic rings. The number of nitrogens with zero attached hydrogens (tertiary/aromatic N) is 3. The van der Waals surface area contributed by atoms with E-state index in [0.29, 0.717) is 17.5 Å². The Labute approximate surface area is 107 Å². The van der Waals surface area contributed by atoms with E-state index in [4.69, 9.17) is 17.3 Å². The molecule has 0 radical (unpaired) electrons. The Bertz CT molecular complexity index is 659. The normalized spacial score (nSPS) is 11.1. The number of aromatic nitrogens is 3. The first-order chi connectivity index (χ1) is 8.25. The summed E-state index contributed by atoms with van der Waals surface area (Å²) in [5.74, 6) is 0.459. The van der Waals surface area contributed by atoms with Gasteiger partial charge in [0.15, 0.2) is 0 Å². The third kappa shape index (κ3) is 1.77. The van der Waals surface area contributed by atoms with Gasteiger partial charge in [-0.3, -0.25) is 0 Å². The molecule has 2 heterocycles. The van der Waals surface area contributed by atoms with Gasteiger partial charge in [-0.15, -0.1) is 11.3 Å². The van der Waals surface area contributed by atoms with E-state index in [9.17, 15) is 0 Å². The summed E-state index contributed by atoms with van der Waals surface area (Å²) >= 11 is 7.74. The van der Waals surface area contributed by atoms with Crippen molar-refractivity contribution in [1.82, 2.24) is 14.5 Å². The number of benzene rings is 1. The first kappa shape index (κ1) is 10.6. The molecular formula is C11H9ClN4S. The molecule has 3 aromatic rings. The van der Waals surface area contributed by atoms with E-state index in [2.05, 4.69) is 9.97 Å². The lowest BCUT2D eigenvalue weighted by molar-refractivity contribution is 0.816. The van der Waals surface area contributed by atoms with Crippen molar-refractivity contribution in [3.05, 3.63) is 39.8 Å². The number of hydrogen-bond acceptors (Lipinski definition) is 4. The van der Waals surface area contributed by atoms with Crippen LogP contribution in [0.15, 0.2) is 29.1 Å². The van der Waals surface area contributed by atoms with Gasteiger partial charge in [-0.05, 0) is 12.1 Å². The van der Waals surface area contributed by atoms with Gasteiger partial charge < -0.3 is 10.3 Å². The smallest absolute Gasteiger partial charge is 0.201 e. The molecule has 2 aromatic heterocycles. The molecule has 0 unspecified atom stereocenters. The van der Waals surface area contributed by atoms with Crippen LogP contribution in [-0.2, 0) is 6.54 Å². The number of fused-ring (bicyclic) bond motifs is 1. The Morgan fingerprint density at radius 3 is 3.06 bits per heavy atom. The monoisotopic (exact) mass is 264 g/mol. The highest BCUT2D eigenvalue weighted by Crippen LogP contribution is 2.26. The first-order valence-corrected chi connectivity index (χ1v) is 6.35. The van der Waals surface area contributed by atoms with E-state index in [-0.39, 0.29) is 0 Å². The minimum absolute atomic E-state index is 0.459. The Kier molecular flexibility index (Phi) is 2.49. The van der Waals surface area contributed by atoms with Gasteiger partial charge in [0.2, 0.25) is 5.95 Å². The van der Waals surface area contributed by atoms with Gasteiger partial charge in [-0.1, -0.05) is 17.7 Å². The second-order valence-corrected chi connectivity index (χ2v) is 4.77. The van der Waals surface area contributed by atoms with E-state index in [0.717, 1.165) is 16.7 Å². The van der Waals surface area contributed by atoms with E-state index < -0.39 is 0 Å². The number of para-hydroxylation sites is 1. The third-order valence-corrected chi connectivity index (χ3v) is 3.49. The summed E-state index contributed by atoms with van der Waals surface area (Å²) < 4.78 is 1.88. The zero-order valence-corrected chi connectivity index (χ0v) is 10.4. The molecule has 1 aromatic carbocycles. The molecule has 17 heavy (non-hydrogen) atoms. The van der Waals surface area contributed by atoms with Crippen LogP contribution in [0.2, 0.25) is 5.02 Å². The maximum Gasteiger partial charge on any atom is 0.201 e. The molecule has 2 N–H and O–H groups in total. The van der Waals surface area contributed by atoms with Crippen LogP contribution in [0.25, 0.3) is 11.0 Å². The fourth-order valence-corrected chi connectivity index (χ4v) is 2.62. The summed E-state index contributed by atoms with van der Waals surface area (Å²) in [5, 5.41) is 2.64. The molecule has 6 heteroatoms. The number of halogens is 1. The minimum Gasteiger partial charge on any atom is -0.369 e. The predicted octanol–water partition coefficient (Wildman–Crippen LogP) is 2.78. The fourth-order valence-electron chi connectivity index (χ4n) is 1.80. The summed E-state index contributed by atoms with van der Waals surface area (Å²) in [6.07, 6.45) is 0. The maximum absolute atomic E-state index is 6.18. The summed E-state index contributed by atoms with van der Waals surface area (Å²) in [6, 6.07) is 5.60. The first-order valence-electron chi connectivity index (χ1n) is 5.03. The van der Waals surface area contributed by atoms with Gasteiger partial charge in [-0.25, -0.2) is 9.97 Å². The number of thiazole rings is 1. The molecule has 0 saturated heterocycles. The van der Waals surface area contributed by atoms with E-state index >= 15 is 0 Å². The zero-order chi connectivity index (χ0) is 11.8. The highest BCUT2D eigenvalue weighted by Gasteiger charge is 2.11. The standard InChI is InChI=1S/C11H9ClN4S/c12-8-2-1-3-9-10(8)16(11(13)15-9)4-7-5-17-6-14-7/h1-3,5-6H,4H2,(H2,13,15). The number of anilines is 1. The second-order valence-electron chi connectivity index (χ2n) is 3.64. The molecule has 0 aliphatic heterocycles. The van der Waals surface area contributed by atoms with Gasteiger partial charge in [0.05, 0.1) is 33.8 Å². The quantitative estimate of drug-likeness (QED) is 0.774. The molecule has 0 amide bonds. The number of hydrogen-bond donors (Lipinski definition) is 1. The Morgan fingerprint density at radius 2 is 2.29 bits per heavy atom. The summed E-state index contributed by atoms with van der Waals surface area (Å²) in [5.41, 5.74) is 10.3. The van der Waals surface area contributed by atoms with Crippen molar-refractivity contribution in [1.29, 1.82) is 0 Å². The molecule has 4 nitrogen and oxygen atoms in total. The maximum atomic E-state index is 6.18. The van der Waals surface area contributed by atoms with Crippen LogP contribution in [0.5, 0.6) is 0 Å². The van der Waals surface area contributed by atoms with E-state index in [1.54, 1.807) is 16.8 Å². The lowest BCUT2D eigenvalue weighted by atomic mass is 10.3. The van der Waals surface area contributed by atoms with Gasteiger partial charge >= 0.3 is 0 Å². The minimum atomic E-state index is 0.459. The van der Waals surface area contributed by atoms with E-state index in [1.807, 2.05) is 28.1 Å². The fraction of sp³-hybridized carbons (Fsp3) is 0.0909. The van der Waals surface area contributed by atoms with Crippen LogP contribution in [0.3, 0.4) is 0 Å². The van der Waals surface area contributed by atoms with Crippen LogP contribution in [-0.4, -0.2) is 14.5 Å². The molecule has 0 spiro atoms. The van der Waals surface area contributed by atoms with Gasteiger partial charge in [0.25, 0.3) is 0 Å². The van der Waals surface area contributed by atoms with E-state index in [1.165, 1.54) is 0 Å². The topological polar surface area (TPSA) is 56.7 Å². The third-order valence-electron chi connectivity index (χ3n) is 2.55. The number of nitrogen functional groups attached to an aromatic ring is 1. The average Bonchev–Trinajstić information content (AvgIpc) is 2.89. The molecule has 3 rings (SSSR count).